The van der Waals surface area contributed by atoms with Crippen molar-refractivity contribution in [2.24, 2.45) is 13.0 Å². The first kappa shape index (κ1) is 19.4. The maximum atomic E-state index is 13.0. The van der Waals surface area contributed by atoms with Gasteiger partial charge in [-0.25, -0.2) is 8.42 Å². The Balaban J connectivity index is 1.85. The van der Waals surface area contributed by atoms with Crippen LogP contribution in [0.2, 0.25) is 0 Å². The Kier molecular flexibility index (Phi) is 5.46. The number of carbonyl (C=O) groups excluding carboxylic acids is 1. The summed E-state index contributed by atoms with van der Waals surface area (Å²) in [5, 5.41) is 3.36. The molecular formula is C18H30N4O3S. The number of hydrogen-bond donors (Lipinski definition) is 1. The van der Waals surface area contributed by atoms with Crippen molar-refractivity contribution in [3.63, 3.8) is 0 Å². The summed E-state index contributed by atoms with van der Waals surface area (Å²) >= 11 is 0. The molecule has 0 bridgehead atoms. The van der Waals surface area contributed by atoms with Crippen molar-refractivity contribution in [3.05, 3.63) is 18.0 Å². The minimum atomic E-state index is -3.56. The monoisotopic (exact) mass is 382 g/mol. The third-order valence-corrected chi connectivity index (χ3v) is 7.58. The Labute approximate surface area is 156 Å². The molecule has 3 unspecified atom stereocenters. The zero-order valence-corrected chi connectivity index (χ0v) is 16.9. The van der Waals surface area contributed by atoms with Gasteiger partial charge in [0.25, 0.3) is 5.91 Å². The molecule has 2 fully saturated rings. The third-order valence-electron chi connectivity index (χ3n) is 5.75. The van der Waals surface area contributed by atoms with Gasteiger partial charge in [-0.1, -0.05) is 6.92 Å². The predicted molar refractivity (Wildman–Crippen MR) is 101 cm³/mol. The summed E-state index contributed by atoms with van der Waals surface area (Å²) in [5.74, 6) is 0.258. The van der Waals surface area contributed by atoms with Crippen LogP contribution < -0.4 is 5.32 Å². The fourth-order valence-corrected chi connectivity index (χ4v) is 5.56. The van der Waals surface area contributed by atoms with E-state index in [1.54, 1.807) is 22.1 Å². The molecule has 146 valence electrons. The molecule has 3 heterocycles. The lowest BCUT2D eigenvalue weighted by atomic mass is 10.0. The molecule has 1 amide bonds. The summed E-state index contributed by atoms with van der Waals surface area (Å²) in [7, 11) is -1.82. The van der Waals surface area contributed by atoms with Gasteiger partial charge < -0.3 is 14.8 Å². The number of aryl methyl sites for hydroxylation is 1. The van der Waals surface area contributed by atoms with Crippen LogP contribution in [0, 0.1) is 5.92 Å². The number of nitrogens with zero attached hydrogens (tertiary/aromatic N) is 3. The van der Waals surface area contributed by atoms with Crippen molar-refractivity contribution in [1.29, 1.82) is 0 Å². The highest BCUT2D eigenvalue weighted by Gasteiger charge is 2.33. The van der Waals surface area contributed by atoms with Gasteiger partial charge in [0.1, 0.15) is 10.6 Å². The van der Waals surface area contributed by atoms with Gasteiger partial charge in [-0.15, -0.1) is 0 Å². The van der Waals surface area contributed by atoms with Crippen LogP contribution in [0.4, 0.5) is 0 Å². The van der Waals surface area contributed by atoms with Gasteiger partial charge in [-0.3, -0.25) is 4.79 Å². The number of nitrogens with one attached hydrogen (secondary N) is 1. The number of piperazine rings is 1. The maximum Gasteiger partial charge on any atom is 0.270 e. The van der Waals surface area contributed by atoms with Crippen LogP contribution in [0.25, 0.3) is 0 Å². The summed E-state index contributed by atoms with van der Waals surface area (Å²) in [6.45, 7) is 8.63. The highest BCUT2D eigenvalue weighted by molar-refractivity contribution is 7.89. The zero-order valence-electron chi connectivity index (χ0n) is 16.1. The zero-order chi connectivity index (χ0) is 19.1. The fourth-order valence-electron chi connectivity index (χ4n) is 3.89. The second-order valence-electron chi connectivity index (χ2n) is 7.76. The van der Waals surface area contributed by atoms with Gasteiger partial charge in [0.2, 0.25) is 10.0 Å². The smallest absolute Gasteiger partial charge is 0.270 e. The minimum absolute atomic E-state index is 0.0640. The van der Waals surface area contributed by atoms with Gasteiger partial charge in [-0.2, -0.15) is 4.31 Å². The van der Waals surface area contributed by atoms with Crippen molar-refractivity contribution >= 4 is 15.9 Å². The Morgan fingerprint density at radius 1 is 1.23 bits per heavy atom. The van der Waals surface area contributed by atoms with E-state index in [0.29, 0.717) is 31.2 Å². The average Bonchev–Trinajstić information content (AvgIpc) is 2.99. The quantitative estimate of drug-likeness (QED) is 0.854. The Hall–Kier alpha value is -1.38. The first-order valence-electron chi connectivity index (χ1n) is 9.42. The topological polar surface area (TPSA) is 74.7 Å². The normalized spacial score (nSPS) is 28.3. The van der Waals surface area contributed by atoms with E-state index in [9.17, 15) is 13.2 Å². The number of aromatic nitrogens is 1. The molecule has 0 aliphatic carbocycles. The lowest BCUT2D eigenvalue weighted by Gasteiger charge is -2.38. The predicted octanol–water partition coefficient (Wildman–Crippen LogP) is 1.27. The molecule has 1 aromatic rings. The van der Waals surface area contributed by atoms with Gasteiger partial charge >= 0.3 is 0 Å². The summed E-state index contributed by atoms with van der Waals surface area (Å²) in [6, 6.07) is 1.82. The van der Waals surface area contributed by atoms with Gasteiger partial charge in [0.05, 0.1) is 0 Å². The molecule has 2 aliphatic rings. The fraction of sp³-hybridized carbons (Fsp3) is 0.722. The molecule has 1 aromatic heterocycles. The van der Waals surface area contributed by atoms with E-state index in [0.717, 1.165) is 19.4 Å². The van der Waals surface area contributed by atoms with E-state index in [1.165, 1.54) is 6.07 Å². The number of amides is 1. The number of hydrogen-bond acceptors (Lipinski definition) is 4. The highest BCUT2D eigenvalue weighted by atomic mass is 32.2. The van der Waals surface area contributed by atoms with E-state index < -0.39 is 10.0 Å². The van der Waals surface area contributed by atoms with Gasteiger partial charge in [0, 0.05) is 51.5 Å². The van der Waals surface area contributed by atoms with E-state index >= 15 is 0 Å². The minimum Gasteiger partial charge on any atom is -0.345 e. The first-order chi connectivity index (χ1) is 12.2. The third kappa shape index (κ3) is 3.54. The van der Waals surface area contributed by atoms with Crippen LogP contribution in [0.1, 0.15) is 44.1 Å². The second kappa shape index (κ2) is 7.32. The second-order valence-corrected chi connectivity index (χ2v) is 9.70. The van der Waals surface area contributed by atoms with Crippen molar-refractivity contribution in [1.82, 2.24) is 19.1 Å². The molecule has 0 aromatic carbocycles. The van der Waals surface area contributed by atoms with Crippen LogP contribution >= 0.6 is 0 Å². The molecule has 0 spiro atoms. The molecule has 8 heteroatoms. The van der Waals surface area contributed by atoms with Crippen LogP contribution in [0.15, 0.2) is 17.2 Å². The molecule has 2 aliphatic heterocycles. The number of piperidine rings is 1. The van der Waals surface area contributed by atoms with Crippen molar-refractivity contribution in [2.45, 2.75) is 50.6 Å². The number of rotatable bonds is 3. The van der Waals surface area contributed by atoms with Crippen molar-refractivity contribution < 1.29 is 13.2 Å². The lowest BCUT2D eigenvalue weighted by Crippen LogP contribution is -2.57. The largest absolute Gasteiger partial charge is 0.345 e. The molecule has 0 radical (unpaired) electrons. The average molecular weight is 383 g/mol. The Bertz CT molecular complexity index is 773. The molecule has 3 rings (SSSR count). The van der Waals surface area contributed by atoms with E-state index in [1.807, 2.05) is 11.8 Å². The van der Waals surface area contributed by atoms with Crippen molar-refractivity contribution in [2.75, 3.05) is 26.2 Å². The van der Waals surface area contributed by atoms with Crippen LogP contribution in [-0.4, -0.2) is 66.4 Å². The Morgan fingerprint density at radius 3 is 2.65 bits per heavy atom. The first-order valence-corrected chi connectivity index (χ1v) is 10.9. The van der Waals surface area contributed by atoms with Crippen molar-refractivity contribution in [3.8, 4) is 0 Å². The Morgan fingerprint density at radius 2 is 1.96 bits per heavy atom. The van der Waals surface area contributed by atoms with Crippen LogP contribution in [-0.2, 0) is 17.1 Å². The van der Waals surface area contributed by atoms with E-state index in [-0.39, 0.29) is 22.9 Å². The standard InChI is InChI=1S/C18H30N4O3S/c1-13-6-5-8-21(11-13)26(24,25)16-10-17(20(4)12-16)18(23)22-9-7-19-14(2)15(22)3/h10,12-15,19H,5-9,11H2,1-4H3. The molecule has 1 N–H and O–H groups in total. The molecule has 3 atom stereocenters. The summed E-state index contributed by atoms with van der Waals surface area (Å²) in [5.41, 5.74) is 0.426. The SMILES string of the molecule is CC1CCCN(S(=O)(=O)c2cc(C(=O)N3CCNC(C)C3C)n(C)c2)C1. The van der Waals surface area contributed by atoms with E-state index in [2.05, 4.69) is 19.2 Å². The van der Waals surface area contributed by atoms with Gasteiger partial charge in [-0.05, 0) is 38.7 Å². The van der Waals surface area contributed by atoms with Gasteiger partial charge in [0.15, 0.2) is 0 Å². The van der Waals surface area contributed by atoms with Crippen LogP contribution in [0.5, 0.6) is 0 Å². The molecule has 0 saturated carbocycles. The summed E-state index contributed by atoms with van der Waals surface area (Å²) in [6.07, 6.45) is 3.51. The molecule has 7 nitrogen and oxygen atoms in total. The number of sulfonamides is 1. The molecule has 2 saturated heterocycles. The van der Waals surface area contributed by atoms with Crippen LogP contribution in [0.3, 0.4) is 0 Å². The molecule has 26 heavy (non-hydrogen) atoms. The number of carbonyl (C=O) groups is 1. The highest BCUT2D eigenvalue weighted by Crippen LogP contribution is 2.25. The molecular weight excluding hydrogens is 352 g/mol. The summed E-state index contributed by atoms with van der Waals surface area (Å²) in [4.78, 5) is 15.1. The lowest BCUT2D eigenvalue weighted by molar-refractivity contribution is 0.0593. The van der Waals surface area contributed by atoms with E-state index in [4.69, 9.17) is 0 Å². The summed E-state index contributed by atoms with van der Waals surface area (Å²) < 4.78 is 29.2. The maximum absolute atomic E-state index is 13.0.